The number of benzene rings is 2. The third-order valence-corrected chi connectivity index (χ3v) is 7.25. The van der Waals surface area contributed by atoms with Gasteiger partial charge in [-0.05, 0) is 61.9 Å². The van der Waals surface area contributed by atoms with Crippen LogP contribution in [0.2, 0.25) is 5.02 Å². The number of halogens is 1. The highest BCUT2D eigenvalue weighted by molar-refractivity contribution is 8.15. The fraction of sp³-hybridized carbons (Fsp3) is 0.375. The van der Waals surface area contributed by atoms with Gasteiger partial charge in [0.15, 0.2) is 5.66 Å². The van der Waals surface area contributed by atoms with Crippen LogP contribution in [0.1, 0.15) is 35.1 Å². The molecule has 5 nitrogen and oxygen atoms in total. The van der Waals surface area contributed by atoms with Gasteiger partial charge in [-0.15, -0.1) is 11.8 Å². The average Bonchev–Trinajstić information content (AvgIpc) is 3.12. The van der Waals surface area contributed by atoms with Crippen LogP contribution in [0.3, 0.4) is 0 Å². The minimum atomic E-state index is -0.463. The van der Waals surface area contributed by atoms with E-state index in [0.29, 0.717) is 31.0 Å². The number of thioether (sulfide) groups is 1. The molecule has 2 heterocycles. The van der Waals surface area contributed by atoms with Gasteiger partial charge in [-0.1, -0.05) is 29.8 Å². The molecule has 2 amide bonds. The Morgan fingerprint density at radius 1 is 1.10 bits per heavy atom. The number of carbonyl (C=O) groups is 1. The Morgan fingerprint density at radius 2 is 1.84 bits per heavy atom. The van der Waals surface area contributed by atoms with Gasteiger partial charge in [0.25, 0.3) is 0 Å². The predicted molar refractivity (Wildman–Crippen MR) is 132 cm³/mol. The van der Waals surface area contributed by atoms with Crippen LogP contribution in [0.15, 0.2) is 46.4 Å². The van der Waals surface area contributed by atoms with Gasteiger partial charge in [0.2, 0.25) is 0 Å². The minimum Gasteiger partial charge on any atom is -0.324 e. The molecule has 1 N–H and O–H groups in total. The number of likely N-dealkylation sites (tertiary alicyclic amines) is 1. The lowest BCUT2D eigenvalue weighted by molar-refractivity contribution is 0.175. The van der Waals surface area contributed by atoms with Crippen molar-refractivity contribution in [3.05, 3.63) is 63.7 Å². The number of hydrogen-bond acceptors (Lipinski definition) is 4. The lowest BCUT2D eigenvalue weighted by Crippen LogP contribution is -2.46. The zero-order chi connectivity index (χ0) is 22.2. The fourth-order valence-electron chi connectivity index (χ4n) is 3.97. The van der Waals surface area contributed by atoms with Crippen LogP contribution in [0.25, 0.3) is 0 Å². The van der Waals surface area contributed by atoms with E-state index in [-0.39, 0.29) is 6.03 Å². The fourth-order valence-corrected chi connectivity index (χ4v) is 4.76. The molecular formula is C24H27ClN4OS. The highest BCUT2D eigenvalue weighted by atomic mass is 35.5. The largest absolute Gasteiger partial charge is 0.324 e. The number of nitrogens with one attached hydrogen (secondary N) is 1. The average molecular weight is 455 g/mol. The minimum absolute atomic E-state index is 0.106. The molecule has 0 aliphatic carbocycles. The van der Waals surface area contributed by atoms with Gasteiger partial charge >= 0.3 is 6.03 Å². The number of urea groups is 1. The molecule has 2 aliphatic rings. The highest BCUT2D eigenvalue weighted by Gasteiger charge is 2.40. The molecule has 2 aromatic carbocycles. The van der Waals surface area contributed by atoms with Crippen LogP contribution in [0, 0.1) is 20.8 Å². The summed E-state index contributed by atoms with van der Waals surface area (Å²) in [6.45, 7) is 7.37. The van der Waals surface area contributed by atoms with Crippen molar-refractivity contribution in [1.29, 1.82) is 0 Å². The van der Waals surface area contributed by atoms with Crippen molar-refractivity contribution >= 4 is 45.8 Å². The molecule has 0 aromatic heterocycles. The number of piperidine rings is 1. The van der Waals surface area contributed by atoms with E-state index < -0.39 is 5.66 Å². The molecule has 1 saturated heterocycles. The van der Waals surface area contributed by atoms with E-state index in [0.717, 1.165) is 27.6 Å². The number of carbonyl (C=O) groups excluding carboxylic acids is 1. The van der Waals surface area contributed by atoms with Crippen LogP contribution in [-0.2, 0) is 0 Å². The van der Waals surface area contributed by atoms with Crippen molar-refractivity contribution in [1.82, 2.24) is 4.90 Å². The molecule has 2 aliphatic heterocycles. The first-order valence-corrected chi connectivity index (χ1v) is 12.0. The summed E-state index contributed by atoms with van der Waals surface area (Å²) in [6.07, 6.45) is 3.48. The van der Waals surface area contributed by atoms with Crippen molar-refractivity contribution in [3.63, 3.8) is 0 Å². The van der Waals surface area contributed by atoms with Gasteiger partial charge in [-0.25, -0.2) is 9.79 Å². The van der Waals surface area contributed by atoms with E-state index in [1.54, 1.807) is 11.8 Å². The van der Waals surface area contributed by atoms with E-state index in [1.165, 1.54) is 11.1 Å². The quantitative estimate of drug-likeness (QED) is 0.618. The Bertz CT molecular complexity index is 1090. The maximum absolute atomic E-state index is 12.8. The first-order valence-electron chi connectivity index (χ1n) is 10.4. The molecule has 162 valence electrons. The van der Waals surface area contributed by atoms with Crippen molar-refractivity contribution in [2.45, 2.75) is 39.3 Å². The Kier molecular flexibility index (Phi) is 6.13. The first kappa shape index (κ1) is 21.9. The number of rotatable bonds is 2. The third kappa shape index (κ3) is 4.37. The van der Waals surface area contributed by atoms with Gasteiger partial charge in [-0.2, -0.15) is 0 Å². The van der Waals surface area contributed by atoms with E-state index >= 15 is 0 Å². The van der Waals surface area contributed by atoms with Crippen LogP contribution in [0.4, 0.5) is 10.5 Å². The van der Waals surface area contributed by atoms with Gasteiger partial charge in [-0.3, -0.25) is 4.99 Å². The molecule has 7 heteroatoms. The van der Waals surface area contributed by atoms with Crippen molar-refractivity contribution in [2.75, 3.05) is 24.7 Å². The third-order valence-electron chi connectivity index (χ3n) is 6.17. The van der Waals surface area contributed by atoms with Gasteiger partial charge < -0.3 is 10.2 Å². The standard InChI is InChI=1S/C24H27ClN4OS/c1-15-8-9-18(14-16(15)2)21-22(31-4)28-24(27-21)10-12-29(13-11-24)23(30)26-20-7-5-6-19(25)17(20)3/h5-9,14H,10-13H2,1-4H3,(H,26,30). The molecule has 31 heavy (non-hydrogen) atoms. The normalized spacial score (nSPS) is 17.5. The molecular weight excluding hydrogens is 428 g/mol. The Balaban J connectivity index is 1.48. The zero-order valence-corrected chi connectivity index (χ0v) is 19.9. The van der Waals surface area contributed by atoms with Gasteiger partial charge in [0.1, 0.15) is 5.04 Å². The van der Waals surface area contributed by atoms with Crippen molar-refractivity contribution in [2.24, 2.45) is 9.98 Å². The molecule has 0 radical (unpaired) electrons. The topological polar surface area (TPSA) is 57.1 Å². The van der Waals surface area contributed by atoms with Crippen LogP contribution >= 0.6 is 23.4 Å². The van der Waals surface area contributed by atoms with E-state index in [9.17, 15) is 4.79 Å². The Labute approximate surface area is 193 Å². The summed E-state index contributed by atoms with van der Waals surface area (Å²) in [6, 6.07) is 11.9. The summed E-state index contributed by atoms with van der Waals surface area (Å²) >= 11 is 7.82. The summed E-state index contributed by atoms with van der Waals surface area (Å²) in [5.41, 5.74) is 5.77. The Hall–Kier alpha value is -2.31. The summed E-state index contributed by atoms with van der Waals surface area (Å²) < 4.78 is 0. The second-order valence-corrected chi connectivity index (χ2v) is 9.39. The molecule has 1 spiro atoms. The smallest absolute Gasteiger partial charge is 0.321 e. The number of aliphatic imine (C=N–C) groups is 2. The predicted octanol–water partition coefficient (Wildman–Crippen LogP) is 5.85. The van der Waals surface area contributed by atoms with Gasteiger partial charge in [0.05, 0.1) is 5.71 Å². The number of nitrogens with zero attached hydrogens (tertiary/aromatic N) is 3. The van der Waals surface area contributed by atoms with Crippen LogP contribution in [0.5, 0.6) is 0 Å². The molecule has 0 saturated carbocycles. The Morgan fingerprint density at radius 3 is 2.52 bits per heavy atom. The lowest BCUT2D eigenvalue weighted by Gasteiger charge is -2.35. The van der Waals surface area contributed by atoms with E-state index in [4.69, 9.17) is 21.6 Å². The molecule has 0 atom stereocenters. The zero-order valence-electron chi connectivity index (χ0n) is 18.3. The SMILES string of the molecule is CSC1=NC2(CCN(C(=O)Nc3cccc(Cl)c3C)CC2)N=C1c1ccc(C)c(C)c1. The maximum atomic E-state index is 12.8. The highest BCUT2D eigenvalue weighted by Crippen LogP contribution is 2.35. The summed E-state index contributed by atoms with van der Waals surface area (Å²) in [5.74, 6) is 0. The summed E-state index contributed by atoms with van der Waals surface area (Å²) in [7, 11) is 0. The van der Waals surface area contributed by atoms with Crippen LogP contribution < -0.4 is 5.32 Å². The maximum Gasteiger partial charge on any atom is 0.321 e. The number of anilines is 1. The number of amides is 2. The second-order valence-electron chi connectivity index (χ2n) is 8.19. The van der Waals surface area contributed by atoms with Gasteiger partial charge in [0, 0.05) is 42.2 Å². The van der Waals surface area contributed by atoms with Crippen molar-refractivity contribution < 1.29 is 4.79 Å². The monoisotopic (exact) mass is 454 g/mol. The van der Waals surface area contributed by atoms with E-state index in [1.807, 2.05) is 36.3 Å². The molecule has 0 unspecified atom stereocenters. The number of hydrogen-bond donors (Lipinski definition) is 1. The lowest BCUT2D eigenvalue weighted by atomic mass is 9.98. The first-order chi connectivity index (χ1) is 14.8. The molecule has 0 bridgehead atoms. The summed E-state index contributed by atoms with van der Waals surface area (Å²) in [5, 5.41) is 4.62. The second kappa shape index (κ2) is 8.67. The molecule has 1 fully saturated rings. The molecule has 4 rings (SSSR count). The number of aryl methyl sites for hydroxylation is 2. The summed E-state index contributed by atoms with van der Waals surface area (Å²) in [4.78, 5) is 24.7. The van der Waals surface area contributed by atoms with E-state index in [2.05, 4.69) is 37.4 Å². The molecule has 2 aromatic rings. The van der Waals surface area contributed by atoms with Crippen molar-refractivity contribution in [3.8, 4) is 0 Å². The van der Waals surface area contributed by atoms with Crippen LogP contribution in [-0.4, -0.2) is 46.7 Å².